The van der Waals surface area contributed by atoms with Crippen molar-refractivity contribution in [3.8, 4) is 0 Å². The van der Waals surface area contributed by atoms with Crippen LogP contribution >= 0.6 is 0 Å². The fourth-order valence-electron chi connectivity index (χ4n) is 3.86. The number of unbranched alkanes of at least 4 members (excludes halogenated alkanes) is 16. The summed E-state index contributed by atoms with van der Waals surface area (Å²) in [5.41, 5.74) is 13.6. The summed E-state index contributed by atoms with van der Waals surface area (Å²) in [7, 11) is -7.66. The van der Waals surface area contributed by atoms with Gasteiger partial charge in [0.25, 0.3) is 0 Å². The first kappa shape index (κ1) is 45.4. The predicted octanol–water partition coefficient (Wildman–Crippen LogP) is 7.28. The van der Waals surface area contributed by atoms with Gasteiger partial charge in [-0.25, -0.2) is 0 Å². The molecular formula is C28H56CaN2O8S2. The van der Waals surface area contributed by atoms with E-state index in [0.717, 1.165) is 25.7 Å². The Morgan fingerprint density at radius 1 is 0.488 bits per heavy atom. The zero-order chi connectivity index (χ0) is 30.5. The van der Waals surface area contributed by atoms with Crippen molar-refractivity contribution >= 4 is 69.9 Å². The van der Waals surface area contributed by atoms with Crippen molar-refractivity contribution in [2.45, 2.75) is 142 Å². The average molecular weight is 653 g/mol. The average Bonchev–Trinajstić information content (AvgIpc) is 2.86. The summed E-state index contributed by atoms with van der Waals surface area (Å²) in [5.74, 6) is -2.23. The molecule has 0 aromatic rings. The van der Waals surface area contributed by atoms with Crippen molar-refractivity contribution in [2.24, 2.45) is 0 Å². The van der Waals surface area contributed by atoms with Crippen molar-refractivity contribution in [1.29, 1.82) is 0 Å². The Bertz CT molecular complexity index is 757. The molecule has 0 saturated carbocycles. The first-order chi connectivity index (χ1) is 19.0. The van der Waals surface area contributed by atoms with Gasteiger partial charge in [0.2, 0.25) is 0 Å². The van der Waals surface area contributed by atoms with Crippen molar-refractivity contribution < 1.29 is 34.8 Å². The Labute approximate surface area is 281 Å². The fraction of sp³-hybridized carbons (Fsp3) is 0.929. The van der Waals surface area contributed by atoms with E-state index in [-0.39, 0.29) is 63.7 Å². The molecule has 0 aromatic heterocycles. The first-order valence-corrected chi connectivity index (χ1v) is 18.4. The number of rotatable bonds is 26. The van der Waals surface area contributed by atoms with Gasteiger partial charge >= 0.3 is 69.9 Å². The molecule has 0 aliphatic carbocycles. The molecule has 41 heavy (non-hydrogen) atoms. The van der Waals surface area contributed by atoms with E-state index in [1.807, 2.05) is 0 Å². The van der Waals surface area contributed by atoms with Gasteiger partial charge in [0, 0.05) is 12.8 Å². The van der Waals surface area contributed by atoms with Crippen LogP contribution in [-0.2, 0) is 38.2 Å². The van der Waals surface area contributed by atoms with Crippen molar-refractivity contribution in [3.05, 3.63) is 11.5 Å². The van der Waals surface area contributed by atoms with Gasteiger partial charge in [-0.15, -0.1) is 13.1 Å². The Balaban J connectivity index is -0.000000688. The number of hydrogen-bond donors (Lipinski definition) is 0. The maximum Gasteiger partial charge on any atom is 2.00 e. The van der Waals surface area contributed by atoms with E-state index < -0.39 is 43.7 Å². The number of nitrogens with one attached hydrogen (secondary N) is 2. The van der Waals surface area contributed by atoms with Gasteiger partial charge < -0.3 is 19.8 Å². The first-order valence-electron chi connectivity index (χ1n) is 15.2. The molecule has 240 valence electrons. The van der Waals surface area contributed by atoms with E-state index in [1.165, 1.54) is 77.0 Å². The second-order valence-corrected chi connectivity index (χ2v) is 13.5. The molecule has 0 aromatic carbocycles. The maximum atomic E-state index is 11.3. The van der Waals surface area contributed by atoms with Gasteiger partial charge in [0.05, 0.1) is 11.5 Å². The molecule has 0 aliphatic rings. The van der Waals surface area contributed by atoms with Gasteiger partial charge in [-0.05, 0) is 12.8 Å². The van der Waals surface area contributed by atoms with Gasteiger partial charge in [-0.1, -0.05) is 117 Å². The second-order valence-electron chi connectivity index (χ2n) is 10.1. The smallest absolute Gasteiger partial charge is 0.676 e. The van der Waals surface area contributed by atoms with Gasteiger partial charge in [0.1, 0.15) is 0 Å². The van der Waals surface area contributed by atoms with E-state index in [9.17, 15) is 26.4 Å². The molecule has 0 bridgehead atoms. The number of carbonyl (C=O) groups is 2. The minimum Gasteiger partial charge on any atom is -0.676 e. The monoisotopic (exact) mass is 652 g/mol. The van der Waals surface area contributed by atoms with Crippen molar-refractivity contribution in [1.82, 2.24) is 0 Å². The van der Waals surface area contributed by atoms with Crippen LogP contribution in [0.25, 0.3) is 11.5 Å². The van der Waals surface area contributed by atoms with E-state index in [1.54, 1.807) is 0 Å². The molecule has 0 heterocycles. The van der Waals surface area contributed by atoms with Crippen LogP contribution in [0.4, 0.5) is 0 Å². The van der Waals surface area contributed by atoms with Gasteiger partial charge in [-0.3, -0.25) is 9.59 Å². The molecule has 10 nitrogen and oxygen atoms in total. The minimum absolute atomic E-state index is 0. The summed E-state index contributed by atoms with van der Waals surface area (Å²) in [6.07, 6.45) is 20.8. The maximum absolute atomic E-state index is 11.3. The Hall–Kier alpha value is 0.0197. The summed E-state index contributed by atoms with van der Waals surface area (Å²) in [6, 6.07) is 0. The standard InChI is InChI=1S/2C14H28NO4S.Ca/c2*1-2-3-4-5-6-7-8-9-10-11-14(16)19-20(17,18)13-12-15;/h2*15H,2-13H2,1H3;/q2*-1;+2. The predicted molar refractivity (Wildman–Crippen MR) is 168 cm³/mol. The van der Waals surface area contributed by atoms with E-state index in [2.05, 4.69) is 22.2 Å². The van der Waals surface area contributed by atoms with Crippen LogP contribution in [0.2, 0.25) is 0 Å². The topological polar surface area (TPSA) is 168 Å². The van der Waals surface area contributed by atoms with Crippen LogP contribution in [0.1, 0.15) is 142 Å². The minimum atomic E-state index is -3.83. The molecule has 0 amide bonds. The summed E-state index contributed by atoms with van der Waals surface area (Å²) < 4.78 is 53.3. The third-order valence-electron chi connectivity index (χ3n) is 6.11. The molecule has 0 saturated heterocycles. The number of carbonyl (C=O) groups excluding carboxylic acids is 2. The van der Waals surface area contributed by atoms with Crippen LogP contribution in [0.5, 0.6) is 0 Å². The van der Waals surface area contributed by atoms with E-state index in [0.29, 0.717) is 12.8 Å². The summed E-state index contributed by atoms with van der Waals surface area (Å²) in [6.45, 7) is 3.83. The van der Waals surface area contributed by atoms with Crippen LogP contribution in [-0.4, -0.2) is 91.1 Å². The van der Waals surface area contributed by atoms with Crippen LogP contribution in [0, 0.1) is 0 Å². The fourth-order valence-corrected chi connectivity index (χ4v) is 5.26. The quantitative estimate of drug-likeness (QED) is 0.0533. The molecule has 0 rings (SSSR count). The molecule has 0 atom stereocenters. The molecule has 0 fully saturated rings. The normalized spacial score (nSPS) is 11.2. The summed E-state index contributed by atoms with van der Waals surface area (Å²) in [4.78, 5) is 22.6. The third-order valence-corrected chi connectivity index (χ3v) is 8.40. The Morgan fingerprint density at radius 2 is 0.732 bits per heavy atom. The molecule has 0 unspecified atom stereocenters. The molecule has 0 radical (unpaired) electrons. The largest absolute Gasteiger partial charge is 2.00 e. The van der Waals surface area contributed by atoms with Crippen LogP contribution in [0.15, 0.2) is 0 Å². The SMILES string of the molecule is CCCCCCCCCCCC(=O)OS(=O)(=O)CC[NH-].CCCCCCCCCCCC(=O)OS(=O)(=O)CC[NH-].[Ca+2]. The Morgan fingerprint density at radius 3 is 0.976 bits per heavy atom. The van der Waals surface area contributed by atoms with Crippen LogP contribution < -0.4 is 0 Å². The third kappa shape index (κ3) is 36.1. The molecule has 0 aliphatic heterocycles. The molecule has 0 spiro atoms. The zero-order valence-electron chi connectivity index (χ0n) is 25.8. The molecule has 13 heteroatoms. The summed E-state index contributed by atoms with van der Waals surface area (Å²) in [5, 5.41) is 0. The second kappa shape index (κ2) is 31.4. The van der Waals surface area contributed by atoms with Gasteiger partial charge in [0.15, 0.2) is 0 Å². The van der Waals surface area contributed by atoms with Crippen molar-refractivity contribution in [2.75, 3.05) is 24.6 Å². The van der Waals surface area contributed by atoms with Crippen LogP contribution in [0.3, 0.4) is 0 Å². The van der Waals surface area contributed by atoms with E-state index >= 15 is 0 Å². The summed E-state index contributed by atoms with van der Waals surface area (Å²) >= 11 is 0. The van der Waals surface area contributed by atoms with E-state index in [4.69, 9.17) is 11.5 Å². The number of hydrogen-bond acceptors (Lipinski definition) is 8. The van der Waals surface area contributed by atoms with Gasteiger partial charge in [-0.2, -0.15) is 16.8 Å². The Kier molecular flexibility index (Phi) is 34.9. The molecule has 2 N–H and O–H groups in total. The zero-order valence-corrected chi connectivity index (χ0v) is 29.6. The molecular weight excluding hydrogens is 597 g/mol. The van der Waals surface area contributed by atoms with Crippen molar-refractivity contribution in [3.63, 3.8) is 0 Å².